The smallest absolute Gasteiger partial charge is 0.191 e. The molecule has 1 aliphatic heterocycles. The number of hydrogen-bond acceptors (Lipinski definition) is 4. The van der Waals surface area contributed by atoms with Crippen molar-refractivity contribution in [3.63, 3.8) is 0 Å². The maximum Gasteiger partial charge on any atom is 0.191 e. The highest BCUT2D eigenvalue weighted by Crippen LogP contribution is 2.21. The monoisotopic (exact) mass is 295 g/mol. The van der Waals surface area contributed by atoms with Gasteiger partial charge in [0, 0.05) is 25.8 Å². The minimum absolute atomic E-state index is 0.235. The summed E-state index contributed by atoms with van der Waals surface area (Å²) >= 11 is 0. The molecule has 1 unspecified atom stereocenters. The number of hydrogen-bond donors (Lipinski definition) is 3. The molecule has 1 saturated heterocycles. The number of aliphatic hydroxyl groups is 1. The SMILES string of the molecule is CCNC(=NCC(C)(O)c1ccco1)NC1CCOCC1. The van der Waals surface area contributed by atoms with Gasteiger partial charge in [-0.2, -0.15) is 0 Å². The lowest BCUT2D eigenvalue weighted by molar-refractivity contribution is 0.0435. The normalized spacial score (nSPS) is 20.0. The Labute approximate surface area is 125 Å². The minimum Gasteiger partial charge on any atom is -0.466 e. The average molecular weight is 295 g/mol. The van der Waals surface area contributed by atoms with Crippen LogP contribution < -0.4 is 10.6 Å². The molecule has 0 aromatic carbocycles. The number of nitrogens with one attached hydrogen (secondary N) is 2. The quantitative estimate of drug-likeness (QED) is 0.562. The predicted octanol–water partition coefficient (Wildman–Crippen LogP) is 1.22. The fourth-order valence-electron chi connectivity index (χ4n) is 2.25. The molecule has 6 nitrogen and oxygen atoms in total. The van der Waals surface area contributed by atoms with Crippen LogP contribution in [0.15, 0.2) is 27.8 Å². The van der Waals surface area contributed by atoms with E-state index in [0.29, 0.717) is 11.8 Å². The van der Waals surface area contributed by atoms with Crippen LogP contribution in [0.25, 0.3) is 0 Å². The highest BCUT2D eigenvalue weighted by Gasteiger charge is 2.26. The van der Waals surface area contributed by atoms with E-state index < -0.39 is 5.60 Å². The summed E-state index contributed by atoms with van der Waals surface area (Å²) in [6.07, 6.45) is 3.50. The van der Waals surface area contributed by atoms with E-state index in [9.17, 15) is 5.11 Å². The Balaban J connectivity index is 1.96. The molecule has 0 bridgehead atoms. The van der Waals surface area contributed by atoms with Gasteiger partial charge in [0.1, 0.15) is 11.4 Å². The van der Waals surface area contributed by atoms with Crippen molar-refractivity contribution >= 4 is 5.96 Å². The van der Waals surface area contributed by atoms with Crippen LogP contribution in [-0.4, -0.2) is 43.4 Å². The van der Waals surface area contributed by atoms with Gasteiger partial charge in [0.15, 0.2) is 5.96 Å². The molecular formula is C15H25N3O3. The molecule has 2 rings (SSSR count). The molecule has 21 heavy (non-hydrogen) atoms. The molecule has 0 radical (unpaired) electrons. The van der Waals surface area contributed by atoms with E-state index >= 15 is 0 Å². The average Bonchev–Trinajstić information content (AvgIpc) is 3.01. The van der Waals surface area contributed by atoms with Crippen LogP contribution in [0.1, 0.15) is 32.4 Å². The van der Waals surface area contributed by atoms with Gasteiger partial charge < -0.3 is 24.9 Å². The molecule has 0 aliphatic carbocycles. The van der Waals surface area contributed by atoms with Crippen LogP contribution in [-0.2, 0) is 10.3 Å². The first kappa shape index (κ1) is 15.9. The van der Waals surface area contributed by atoms with Gasteiger partial charge >= 0.3 is 0 Å². The number of guanidine groups is 1. The van der Waals surface area contributed by atoms with Gasteiger partial charge in [0.05, 0.1) is 12.8 Å². The second kappa shape index (κ2) is 7.47. The van der Waals surface area contributed by atoms with E-state index in [0.717, 1.165) is 38.6 Å². The van der Waals surface area contributed by atoms with Crippen molar-refractivity contribution in [1.29, 1.82) is 0 Å². The van der Waals surface area contributed by atoms with Gasteiger partial charge in [-0.1, -0.05) is 0 Å². The molecule has 6 heteroatoms. The van der Waals surface area contributed by atoms with Crippen molar-refractivity contribution in [3.8, 4) is 0 Å². The summed E-state index contributed by atoms with van der Waals surface area (Å²) < 4.78 is 10.6. The number of nitrogens with zero attached hydrogens (tertiary/aromatic N) is 1. The molecule has 1 aliphatic rings. The van der Waals surface area contributed by atoms with Crippen LogP contribution in [0, 0.1) is 0 Å². The molecule has 0 spiro atoms. The lowest BCUT2D eigenvalue weighted by Gasteiger charge is -2.26. The highest BCUT2D eigenvalue weighted by molar-refractivity contribution is 5.80. The van der Waals surface area contributed by atoms with Crippen LogP contribution in [0.2, 0.25) is 0 Å². The lowest BCUT2D eigenvalue weighted by Crippen LogP contribution is -2.46. The van der Waals surface area contributed by atoms with Crippen LogP contribution >= 0.6 is 0 Å². The maximum absolute atomic E-state index is 10.4. The summed E-state index contributed by atoms with van der Waals surface area (Å²) in [6.45, 7) is 6.29. The summed E-state index contributed by atoms with van der Waals surface area (Å²) in [7, 11) is 0. The van der Waals surface area contributed by atoms with Crippen molar-refractivity contribution in [2.24, 2.45) is 4.99 Å². The van der Waals surface area contributed by atoms with Gasteiger partial charge in [-0.15, -0.1) is 0 Å². The summed E-state index contributed by atoms with van der Waals surface area (Å²) in [4.78, 5) is 4.48. The molecule has 3 N–H and O–H groups in total. The first-order chi connectivity index (χ1) is 10.1. The zero-order chi connectivity index (χ0) is 15.1. The third kappa shape index (κ3) is 4.75. The summed E-state index contributed by atoms with van der Waals surface area (Å²) in [5.74, 6) is 1.24. The van der Waals surface area contributed by atoms with Crippen molar-refractivity contribution in [1.82, 2.24) is 10.6 Å². The number of aliphatic imine (C=N–C) groups is 1. The molecule has 0 amide bonds. The Morgan fingerprint density at radius 3 is 2.86 bits per heavy atom. The Morgan fingerprint density at radius 1 is 1.48 bits per heavy atom. The maximum atomic E-state index is 10.4. The number of rotatable bonds is 5. The molecule has 2 heterocycles. The Bertz CT molecular complexity index is 437. The molecule has 1 atom stereocenters. The first-order valence-electron chi connectivity index (χ1n) is 7.51. The summed E-state index contributed by atoms with van der Waals surface area (Å²) in [6, 6.07) is 3.89. The summed E-state index contributed by atoms with van der Waals surface area (Å²) in [5.41, 5.74) is -1.11. The summed E-state index contributed by atoms with van der Waals surface area (Å²) in [5, 5.41) is 17.0. The van der Waals surface area contributed by atoms with E-state index in [1.54, 1.807) is 25.3 Å². The third-order valence-electron chi connectivity index (χ3n) is 3.50. The number of furan rings is 1. The van der Waals surface area contributed by atoms with Gasteiger partial charge in [-0.05, 0) is 38.8 Å². The van der Waals surface area contributed by atoms with E-state index in [4.69, 9.17) is 9.15 Å². The van der Waals surface area contributed by atoms with Crippen molar-refractivity contribution < 1.29 is 14.3 Å². The van der Waals surface area contributed by atoms with Crippen LogP contribution in [0.3, 0.4) is 0 Å². The van der Waals surface area contributed by atoms with Gasteiger partial charge in [-0.3, -0.25) is 0 Å². The standard InChI is InChI=1S/C15H25N3O3/c1-3-16-14(18-12-6-9-20-10-7-12)17-11-15(2,19)13-5-4-8-21-13/h4-5,8,12,19H,3,6-7,9-11H2,1-2H3,(H2,16,17,18). The largest absolute Gasteiger partial charge is 0.466 e. The van der Waals surface area contributed by atoms with E-state index in [1.807, 2.05) is 6.92 Å². The van der Waals surface area contributed by atoms with Crippen molar-refractivity contribution in [2.45, 2.75) is 38.3 Å². The van der Waals surface area contributed by atoms with Gasteiger partial charge in [0.2, 0.25) is 0 Å². The third-order valence-corrected chi connectivity index (χ3v) is 3.50. The van der Waals surface area contributed by atoms with Gasteiger partial charge in [-0.25, -0.2) is 4.99 Å². The van der Waals surface area contributed by atoms with Crippen molar-refractivity contribution in [3.05, 3.63) is 24.2 Å². The molecule has 1 aromatic rings. The number of ether oxygens (including phenoxy) is 1. The van der Waals surface area contributed by atoms with Crippen LogP contribution in [0.4, 0.5) is 0 Å². The lowest BCUT2D eigenvalue weighted by atomic mass is 10.0. The fourth-order valence-corrected chi connectivity index (χ4v) is 2.25. The Kier molecular flexibility index (Phi) is 5.64. The topological polar surface area (TPSA) is 79.0 Å². The molecule has 1 aromatic heterocycles. The zero-order valence-corrected chi connectivity index (χ0v) is 12.8. The Morgan fingerprint density at radius 2 is 2.24 bits per heavy atom. The predicted molar refractivity (Wildman–Crippen MR) is 81.2 cm³/mol. The second-order valence-corrected chi connectivity index (χ2v) is 5.48. The molecular weight excluding hydrogens is 270 g/mol. The molecule has 1 fully saturated rings. The van der Waals surface area contributed by atoms with E-state index in [1.165, 1.54) is 0 Å². The fraction of sp³-hybridized carbons (Fsp3) is 0.667. The van der Waals surface area contributed by atoms with E-state index in [-0.39, 0.29) is 6.54 Å². The minimum atomic E-state index is -1.11. The second-order valence-electron chi connectivity index (χ2n) is 5.48. The molecule has 0 saturated carbocycles. The van der Waals surface area contributed by atoms with Crippen LogP contribution in [0.5, 0.6) is 0 Å². The zero-order valence-electron chi connectivity index (χ0n) is 12.8. The van der Waals surface area contributed by atoms with E-state index in [2.05, 4.69) is 15.6 Å². The Hall–Kier alpha value is -1.53. The van der Waals surface area contributed by atoms with Gasteiger partial charge in [0.25, 0.3) is 0 Å². The molecule has 118 valence electrons. The van der Waals surface area contributed by atoms with Crippen molar-refractivity contribution in [2.75, 3.05) is 26.3 Å². The first-order valence-corrected chi connectivity index (χ1v) is 7.51. The highest BCUT2D eigenvalue weighted by atomic mass is 16.5.